The number of allylic oxidation sites excluding steroid dienone is 2. The fraction of sp³-hybridized carbons (Fsp3) is 0.368. The highest BCUT2D eigenvalue weighted by Crippen LogP contribution is 2.39. The van der Waals surface area contributed by atoms with Gasteiger partial charge in [0.25, 0.3) is 0 Å². The van der Waals surface area contributed by atoms with Gasteiger partial charge in [0, 0.05) is 11.8 Å². The van der Waals surface area contributed by atoms with Crippen molar-refractivity contribution < 1.29 is 4.79 Å². The number of carbonyl (C=O) groups excluding carboxylic acids is 1. The Morgan fingerprint density at radius 1 is 1.15 bits per heavy atom. The van der Waals surface area contributed by atoms with E-state index in [4.69, 9.17) is 4.98 Å². The number of aromatic nitrogens is 3. The number of nitrogens with zero attached hydrogens (tertiary/aromatic N) is 3. The monoisotopic (exact) mass is 384 g/mol. The zero-order valence-electron chi connectivity index (χ0n) is 14.7. The van der Waals surface area contributed by atoms with Gasteiger partial charge in [-0.3, -0.25) is 4.79 Å². The molecule has 1 aromatic carbocycles. The van der Waals surface area contributed by atoms with E-state index in [2.05, 4.69) is 47.6 Å². The van der Waals surface area contributed by atoms with Crippen molar-refractivity contribution in [2.75, 3.05) is 5.32 Å². The van der Waals surface area contributed by atoms with Crippen LogP contribution in [0.25, 0.3) is 10.2 Å². The minimum absolute atomic E-state index is 0.00469. The van der Waals surface area contributed by atoms with Gasteiger partial charge in [-0.1, -0.05) is 49.5 Å². The van der Waals surface area contributed by atoms with Crippen LogP contribution in [0.5, 0.6) is 0 Å². The quantitative estimate of drug-likeness (QED) is 0.646. The fourth-order valence-corrected chi connectivity index (χ4v) is 5.04. The first-order valence-corrected chi connectivity index (χ1v) is 10.4. The van der Waals surface area contributed by atoms with E-state index >= 15 is 0 Å². The molecule has 26 heavy (non-hydrogen) atoms. The van der Waals surface area contributed by atoms with E-state index in [-0.39, 0.29) is 17.7 Å². The van der Waals surface area contributed by atoms with Crippen molar-refractivity contribution in [2.24, 2.45) is 5.92 Å². The molecule has 2 atom stereocenters. The van der Waals surface area contributed by atoms with E-state index in [1.165, 1.54) is 16.0 Å². The molecule has 0 bridgehead atoms. The van der Waals surface area contributed by atoms with E-state index in [9.17, 15) is 4.79 Å². The number of thiazole rings is 1. The molecule has 1 N–H and O–H groups in total. The van der Waals surface area contributed by atoms with Crippen LogP contribution in [0, 0.1) is 5.92 Å². The molecule has 0 saturated heterocycles. The maximum atomic E-state index is 12.9. The Morgan fingerprint density at radius 3 is 2.73 bits per heavy atom. The van der Waals surface area contributed by atoms with Crippen LogP contribution >= 0.6 is 22.7 Å². The Hall–Kier alpha value is -2.12. The van der Waals surface area contributed by atoms with Crippen molar-refractivity contribution in [1.82, 2.24) is 15.2 Å². The lowest BCUT2D eigenvalue weighted by molar-refractivity contribution is -0.120. The molecule has 7 heteroatoms. The molecule has 2 heterocycles. The van der Waals surface area contributed by atoms with Gasteiger partial charge in [-0.2, -0.15) is 0 Å². The SMILES string of the molecule is CC(C)c1nnc(NC(=O)[C@@H]2CC=CC[C@@H]2c2nc3ccccc3s2)s1. The number of nitrogens with one attached hydrogen (secondary N) is 1. The van der Waals surface area contributed by atoms with Crippen molar-refractivity contribution in [3.8, 4) is 0 Å². The van der Waals surface area contributed by atoms with E-state index in [0.717, 1.165) is 28.4 Å². The lowest BCUT2D eigenvalue weighted by Crippen LogP contribution is -2.29. The maximum absolute atomic E-state index is 12.9. The fourth-order valence-electron chi connectivity index (χ4n) is 3.14. The largest absolute Gasteiger partial charge is 0.300 e. The first-order valence-electron chi connectivity index (χ1n) is 8.76. The third-order valence-electron chi connectivity index (χ3n) is 4.56. The highest BCUT2D eigenvalue weighted by molar-refractivity contribution is 7.18. The minimum atomic E-state index is -0.132. The summed E-state index contributed by atoms with van der Waals surface area (Å²) in [5, 5.41) is 13.8. The lowest BCUT2D eigenvalue weighted by atomic mass is 9.83. The van der Waals surface area contributed by atoms with Gasteiger partial charge in [-0.05, 0) is 25.0 Å². The number of hydrogen-bond acceptors (Lipinski definition) is 6. The zero-order valence-corrected chi connectivity index (χ0v) is 16.3. The number of para-hydroxylation sites is 1. The highest BCUT2D eigenvalue weighted by Gasteiger charge is 2.32. The Morgan fingerprint density at radius 2 is 1.96 bits per heavy atom. The van der Waals surface area contributed by atoms with Gasteiger partial charge in [0.2, 0.25) is 11.0 Å². The molecule has 0 spiro atoms. The van der Waals surface area contributed by atoms with Crippen LogP contribution < -0.4 is 5.32 Å². The van der Waals surface area contributed by atoms with Crippen LogP contribution in [0.1, 0.15) is 48.5 Å². The van der Waals surface area contributed by atoms with Crippen LogP contribution in [0.15, 0.2) is 36.4 Å². The third-order valence-corrected chi connectivity index (χ3v) is 6.87. The van der Waals surface area contributed by atoms with E-state index in [1.54, 1.807) is 11.3 Å². The number of anilines is 1. The molecule has 134 valence electrons. The average Bonchev–Trinajstić information content (AvgIpc) is 3.28. The predicted octanol–water partition coefficient (Wildman–Crippen LogP) is 4.96. The second-order valence-corrected chi connectivity index (χ2v) is 8.84. The van der Waals surface area contributed by atoms with Gasteiger partial charge < -0.3 is 5.32 Å². The summed E-state index contributed by atoms with van der Waals surface area (Å²) in [5.74, 6) is 0.290. The molecular weight excluding hydrogens is 364 g/mol. The summed E-state index contributed by atoms with van der Waals surface area (Å²) in [7, 11) is 0. The van der Waals surface area contributed by atoms with Crippen molar-refractivity contribution in [1.29, 1.82) is 0 Å². The Bertz CT molecular complexity index is 926. The van der Waals surface area contributed by atoms with Gasteiger partial charge in [0.1, 0.15) is 5.01 Å². The number of amides is 1. The van der Waals surface area contributed by atoms with Gasteiger partial charge >= 0.3 is 0 Å². The van der Waals surface area contributed by atoms with Gasteiger partial charge in [0.05, 0.1) is 21.1 Å². The number of carbonyl (C=O) groups is 1. The van der Waals surface area contributed by atoms with E-state index in [1.807, 2.05) is 18.2 Å². The first-order chi connectivity index (χ1) is 12.6. The smallest absolute Gasteiger partial charge is 0.230 e. The molecule has 2 aromatic heterocycles. The minimum Gasteiger partial charge on any atom is -0.300 e. The second-order valence-electron chi connectivity index (χ2n) is 6.77. The van der Waals surface area contributed by atoms with Crippen molar-refractivity contribution in [3.63, 3.8) is 0 Å². The number of fused-ring (bicyclic) bond motifs is 1. The highest BCUT2D eigenvalue weighted by atomic mass is 32.1. The predicted molar refractivity (Wildman–Crippen MR) is 107 cm³/mol. The summed E-state index contributed by atoms with van der Waals surface area (Å²) < 4.78 is 1.17. The van der Waals surface area contributed by atoms with Crippen LogP contribution in [-0.4, -0.2) is 21.1 Å². The molecule has 1 amide bonds. The summed E-state index contributed by atoms with van der Waals surface area (Å²) in [6, 6.07) is 8.13. The molecule has 0 unspecified atom stereocenters. The van der Waals surface area contributed by atoms with Crippen LogP contribution in [0.4, 0.5) is 5.13 Å². The summed E-state index contributed by atoms with van der Waals surface area (Å²) >= 11 is 3.14. The molecular formula is C19H20N4OS2. The van der Waals surface area contributed by atoms with Crippen LogP contribution in [-0.2, 0) is 4.79 Å². The molecule has 1 aliphatic rings. The molecule has 0 fully saturated rings. The number of rotatable bonds is 4. The van der Waals surface area contributed by atoms with Gasteiger partial charge in [-0.25, -0.2) is 4.98 Å². The molecule has 4 rings (SSSR count). The lowest BCUT2D eigenvalue weighted by Gasteiger charge is -2.25. The molecule has 3 aromatic rings. The van der Waals surface area contributed by atoms with Gasteiger partial charge in [-0.15, -0.1) is 21.5 Å². The van der Waals surface area contributed by atoms with E-state index in [0.29, 0.717) is 11.0 Å². The summed E-state index contributed by atoms with van der Waals surface area (Å²) in [5.41, 5.74) is 1.01. The Balaban J connectivity index is 1.56. The average molecular weight is 385 g/mol. The topological polar surface area (TPSA) is 67.8 Å². The Labute approximate surface area is 160 Å². The summed E-state index contributed by atoms with van der Waals surface area (Å²) in [6.45, 7) is 4.14. The van der Waals surface area contributed by atoms with E-state index < -0.39 is 0 Å². The molecule has 0 aliphatic heterocycles. The van der Waals surface area contributed by atoms with Crippen molar-refractivity contribution in [3.05, 3.63) is 46.4 Å². The van der Waals surface area contributed by atoms with Crippen LogP contribution in [0.3, 0.4) is 0 Å². The maximum Gasteiger partial charge on any atom is 0.230 e. The van der Waals surface area contributed by atoms with Gasteiger partial charge in [0.15, 0.2) is 0 Å². The molecule has 0 saturated carbocycles. The first kappa shape index (κ1) is 17.3. The van der Waals surface area contributed by atoms with Crippen molar-refractivity contribution >= 4 is 43.9 Å². The standard InChI is InChI=1S/C19H20N4OS2/c1-11(2)17-22-23-19(26-17)21-16(24)12-7-3-4-8-13(12)18-20-14-9-5-6-10-15(14)25-18/h3-6,9-13H,7-8H2,1-2H3,(H,21,23,24)/t12-,13+/m1/s1. The molecule has 1 aliphatic carbocycles. The summed E-state index contributed by atoms with van der Waals surface area (Å²) in [6.07, 6.45) is 5.81. The third kappa shape index (κ3) is 3.41. The van der Waals surface area contributed by atoms with Crippen molar-refractivity contribution in [2.45, 2.75) is 38.5 Å². The normalized spacial score (nSPS) is 20.0. The Kier molecular flexibility index (Phi) is 4.82. The summed E-state index contributed by atoms with van der Waals surface area (Å²) in [4.78, 5) is 17.7. The molecule has 0 radical (unpaired) electrons. The number of benzene rings is 1. The second kappa shape index (κ2) is 7.25. The number of hydrogen-bond donors (Lipinski definition) is 1. The molecule has 5 nitrogen and oxygen atoms in total. The van der Waals surface area contributed by atoms with Crippen LogP contribution in [0.2, 0.25) is 0 Å². The zero-order chi connectivity index (χ0) is 18.1.